The van der Waals surface area contributed by atoms with Gasteiger partial charge >= 0.3 is 5.97 Å². The summed E-state index contributed by atoms with van der Waals surface area (Å²) in [5.74, 6) is -2.82. The fourth-order valence-corrected chi connectivity index (χ4v) is 6.43. The molecule has 4 rings (SSSR count). The first-order valence-corrected chi connectivity index (χ1v) is 14.0. The van der Waals surface area contributed by atoms with Crippen LogP contribution in [0.15, 0.2) is 41.4 Å². The number of hydrogen-bond acceptors (Lipinski definition) is 6. The van der Waals surface area contributed by atoms with Gasteiger partial charge in [-0.05, 0) is 68.0 Å². The fraction of sp³-hybridized carbons (Fsp3) is 0.448. The van der Waals surface area contributed by atoms with Crippen molar-refractivity contribution in [1.29, 1.82) is 0 Å². The summed E-state index contributed by atoms with van der Waals surface area (Å²) in [6.45, 7) is 0.899. The molecule has 0 amide bonds. The molecule has 216 valence electrons. The summed E-state index contributed by atoms with van der Waals surface area (Å²) in [5.41, 5.74) is 0.759. The van der Waals surface area contributed by atoms with E-state index in [9.17, 15) is 32.6 Å². The standard InChI is InChI=1S/C29H32F4N2O4S/c1-39-20-2-3-24-21(14-20)27(18(16-30)17-34-24)25(36)4-5-29(15-26(37)38)6-8-35(9-7-29)10-11-40-28-22(32)12-19(31)13-23(28)33/h2-3,12-14,17,25,36H,4-11,15-16H2,1H3,(H,37,38)/t25-/m0/s1. The number of aliphatic carboxylic acids is 1. The van der Waals surface area contributed by atoms with Gasteiger partial charge in [0.05, 0.1) is 30.0 Å². The number of benzene rings is 2. The number of rotatable bonds is 12. The number of piperidine rings is 1. The molecule has 3 aromatic rings. The molecule has 1 aliphatic heterocycles. The Kier molecular flexibility index (Phi) is 9.91. The van der Waals surface area contributed by atoms with E-state index in [0.717, 1.165) is 11.8 Å². The highest BCUT2D eigenvalue weighted by Gasteiger charge is 2.37. The first-order valence-electron chi connectivity index (χ1n) is 13.1. The molecule has 1 aliphatic rings. The second kappa shape index (κ2) is 13.2. The molecule has 11 heteroatoms. The van der Waals surface area contributed by atoms with E-state index in [1.165, 1.54) is 13.3 Å². The summed E-state index contributed by atoms with van der Waals surface area (Å²) < 4.78 is 60.2. The van der Waals surface area contributed by atoms with Crippen LogP contribution in [0.25, 0.3) is 10.9 Å². The summed E-state index contributed by atoms with van der Waals surface area (Å²) in [6, 6.07) is 6.51. The van der Waals surface area contributed by atoms with E-state index in [1.807, 2.05) is 0 Å². The van der Waals surface area contributed by atoms with Crippen molar-refractivity contribution in [2.75, 3.05) is 32.5 Å². The highest BCUT2D eigenvalue weighted by Crippen LogP contribution is 2.42. The fourth-order valence-electron chi connectivity index (χ4n) is 5.48. The Morgan fingerprint density at radius 2 is 1.88 bits per heavy atom. The van der Waals surface area contributed by atoms with Crippen LogP contribution in [0.1, 0.15) is 49.3 Å². The van der Waals surface area contributed by atoms with Crippen molar-refractivity contribution in [3.05, 3.63) is 65.1 Å². The number of alkyl halides is 1. The zero-order chi connectivity index (χ0) is 28.9. The van der Waals surface area contributed by atoms with Crippen LogP contribution in [0, 0.1) is 22.9 Å². The number of aliphatic hydroxyl groups is 1. The molecule has 1 fully saturated rings. The molecule has 1 aromatic heterocycles. The van der Waals surface area contributed by atoms with E-state index in [-0.39, 0.29) is 23.3 Å². The average molecular weight is 581 g/mol. The number of carboxylic acid groups (broad SMARTS) is 1. The lowest BCUT2D eigenvalue weighted by molar-refractivity contribution is -0.141. The minimum Gasteiger partial charge on any atom is -0.497 e. The third kappa shape index (κ3) is 7.05. The van der Waals surface area contributed by atoms with Crippen molar-refractivity contribution in [3.8, 4) is 5.75 Å². The van der Waals surface area contributed by atoms with Gasteiger partial charge in [-0.3, -0.25) is 9.78 Å². The average Bonchev–Trinajstić information content (AvgIpc) is 2.92. The monoisotopic (exact) mass is 580 g/mol. The number of methoxy groups -OCH3 is 1. The maximum absolute atomic E-state index is 13.9. The Bertz CT molecular complexity index is 1320. The number of halogens is 4. The maximum atomic E-state index is 13.9. The first-order chi connectivity index (χ1) is 19.1. The highest BCUT2D eigenvalue weighted by molar-refractivity contribution is 7.99. The van der Waals surface area contributed by atoms with Crippen molar-refractivity contribution < 1.29 is 37.3 Å². The van der Waals surface area contributed by atoms with Gasteiger partial charge in [0.1, 0.15) is 29.9 Å². The number of ether oxygens (including phenoxy) is 1. The number of hydrogen-bond donors (Lipinski definition) is 2. The number of nitrogens with zero attached hydrogens (tertiary/aromatic N) is 2. The van der Waals surface area contributed by atoms with Crippen molar-refractivity contribution in [3.63, 3.8) is 0 Å². The SMILES string of the molecule is COc1ccc2ncc(CF)c([C@@H](O)CCC3(CC(=O)O)CCN(CCSc4c(F)cc(F)cc4F)CC3)c2c1. The number of fused-ring (bicyclic) bond motifs is 1. The lowest BCUT2D eigenvalue weighted by Gasteiger charge is -2.41. The number of aliphatic hydroxyl groups excluding tert-OH is 1. The van der Waals surface area contributed by atoms with Crippen LogP contribution in [0.5, 0.6) is 5.75 Å². The molecule has 0 bridgehead atoms. The number of pyridine rings is 1. The number of carbonyl (C=O) groups is 1. The van der Waals surface area contributed by atoms with Crippen LogP contribution in [0.4, 0.5) is 17.6 Å². The van der Waals surface area contributed by atoms with Crippen LogP contribution >= 0.6 is 11.8 Å². The second-order valence-electron chi connectivity index (χ2n) is 10.2. The van der Waals surface area contributed by atoms with Crippen molar-refractivity contribution in [2.24, 2.45) is 5.41 Å². The van der Waals surface area contributed by atoms with Crippen molar-refractivity contribution >= 4 is 28.6 Å². The normalized spacial score (nSPS) is 16.2. The Hall–Kier alpha value is -2.89. The van der Waals surface area contributed by atoms with Gasteiger partial charge in [0.25, 0.3) is 0 Å². The van der Waals surface area contributed by atoms with Crippen molar-refractivity contribution in [2.45, 2.75) is 49.8 Å². The third-order valence-electron chi connectivity index (χ3n) is 7.68. The molecule has 2 aromatic carbocycles. The molecule has 1 atom stereocenters. The minimum absolute atomic E-state index is 0.0603. The molecule has 40 heavy (non-hydrogen) atoms. The van der Waals surface area contributed by atoms with E-state index < -0.39 is 41.6 Å². The summed E-state index contributed by atoms with van der Waals surface area (Å²) in [4.78, 5) is 18.0. The lowest BCUT2D eigenvalue weighted by Crippen LogP contribution is -2.42. The first kappa shape index (κ1) is 30.1. The van der Waals surface area contributed by atoms with Gasteiger partial charge in [0, 0.05) is 41.6 Å². The second-order valence-corrected chi connectivity index (χ2v) is 11.3. The van der Waals surface area contributed by atoms with E-state index in [4.69, 9.17) is 4.74 Å². The van der Waals surface area contributed by atoms with Crippen LogP contribution in [-0.2, 0) is 11.5 Å². The van der Waals surface area contributed by atoms with E-state index in [1.54, 1.807) is 18.2 Å². The van der Waals surface area contributed by atoms with Gasteiger partial charge in [-0.1, -0.05) is 0 Å². The predicted octanol–water partition coefficient (Wildman–Crippen LogP) is 6.29. The zero-order valence-electron chi connectivity index (χ0n) is 22.1. The lowest BCUT2D eigenvalue weighted by atomic mass is 9.71. The summed E-state index contributed by atoms with van der Waals surface area (Å²) in [6.07, 6.45) is 2.14. The molecule has 6 nitrogen and oxygen atoms in total. The van der Waals surface area contributed by atoms with Crippen molar-refractivity contribution in [1.82, 2.24) is 9.88 Å². The van der Waals surface area contributed by atoms with Crippen LogP contribution in [0.2, 0.25) is 0 Å². The van der Waals surface area contributed by atoms with Gasteiger partial charge in [-0.25, -0.2) is 17.6 Å². The van der Waals surface area contributed by atoms with E-state index >= 15 is 0 Å². The quantitative estimate of drug-likeness (QED) is 0.192. The highest BCUT2D eigenvalue weighted by atomic mass is 32.2. The topological polar surface area (TPSA) is 82.9 Å². The molecule has 0 saturated carbocycles. The van der Waals surface area contributed by atoms with Crippen LogP contribution in [0.3, 0.4) is 0 Å². The number of aromatic nitrogens is 1. The van der Waals surface area contributed by atoms with Gasteiger partial charge < -0.3 is 19.8 Å². The molecule has 0 spiro atoms. The molecule has 0 aliphatic carbocycles. The number of likely N-dealkylation sites (tertiary alicyclic amines) is 1. The third-order valence-corrected chi connectivity index (χ3v) is 8.75. The Balaban J connectivity index is 1.41. The molecular weight excluding hydrogens is 548 g/mol. The largest absolute Gasteiger partial charge is 0.497 e. The molecule has 2 N–H and O–H groups in total. The minimum atomic E-state index is -1.02. The number of carboxylic acids is 1. The Morgan fingerprint density at radius 1 is 1.18 bits per heavy atom. The molecule has 1 saturated heterocycles. The van der Waals surface area contributed by atoms with Gasteiger partial charge in [-0.2, -0.15) is 0 Å². The van der Waals surface area contributed by atoms with Gasteiger partial charge in [0.15, 0.2) is 0 Å². The molecular formula is C29H32F4N2O4S. The molecule has 2 heterocycles. The summed E-state index contributed by atoms with van der Waals surface area (Å²) in [7, 11) is 1.52. The molecule has 0 unspecified atom stereocenters. The zero-order valence-corrected chi connectivity index (χ0v) is 23.0. The summed E-state index contributed by atoms with van der Waals surface area (Å²) in [5, 5.41) is 21.5. The number of thioether (sulfide) groups is 1. The van der Waals surface area contributed by atoms with Gasteiger partial charge in [-0.15, -0.1) is 11.8 Å². The smallest absolute Gasteiger partial charge is 0.303 e. The Labute approximate surface area is 234 Å². The van der Waals surface area contributed by atoms with E-state index in [0.29, 0.717) is 79.0 Å². The summed E-state index contributed by atoms with van der Waals surface area (Å²) >= 11 is 0.975. The predicted molar refractivity (Wildman–Crippen MR) is 145 cm³/mol. The Morgan fingerprint density at radius 3 is 2.50 bits per heavy atom. The van der Waals surface area contributed by atoms with Crippen LogP contribution < -0.4 is 4.74 Å². The van der Waals surface area contributed by atoms with Crippen LogP contribution in [-0.4, -0.2) is 58.6 Å². The molecule has 0 radical (unpaired) electrons. The maximum Gasteiger partial charge on any atom is 0.303 e. The van der Waals surface area contributed by atoms with Gasteiger partial charge in [0.2, 0.25) is 0 Å². The van der Waals surface area contributed by atoms with E-state index in [2.05, 4.69) is 9.88 Å².